The van der Waals surface area contributed by atoms with Gasteiger partial charge in [-0.05, 0) is 28.0 Å². The third kappa shape index (κ3) is 2.67. The van der Waals surface area contributed by atoms with Crippen LogP contribution in [-0.2, 0) is 0 Å². The minimum Gasteiger partial charge on any atom is -0.192 e. The summed E-state index contributed by atoms with van der Waals surface area (Å²) in [4.78, 5) is 0. The highest BCUT2D eigenvalue weighted by atomic mass is 35.5. The summed E-state index contributed by atoms with van der Waals surface area (Å²) in [6, 6.07) is 25.8. The second kappa shape index (κ2) is 5.83. The Labute approximate surface area is 128 Å². The molecule has 0 aliphatic heterocycles. The summed E-state index contributed by atoms with van der Waals surface area (Å²) in [5.41, 5.74) is 2.18. The molecule has 0 radical (unpaired) electrons. The van der Waals surface area contributed by atoms with Crippen molar-refractivity contribution in [1.82, 2.24) is 0 Å². The lowest BCUT2D eigenvalue weighted by Gasteiger charge is -2.06. The van der Waals surface area contributed by atoms with Crippen molar-refractivity contribution in [3.63, 3.8) is 0 Å². The lowest BCUT2D eigenvalue weighted by molar-refractivity contribution is 1.52. The number of nitrogens with zero attached hydrogens (tertiary/aromatic N) is 1. The number of benzene rings is 3. The smallest absolute Gasteiger partial charge is 0.101 e. The van der Waals surface area contributed by atoms with Crippen LogP contribution in [-0.4, -0.2) is 0 Å². The number of allylic oxidation sites excluding steroid dienone is 1. The van der Waals surface area contributed by atoms with Gasteiger partial charge >= 0.3 is 0 Å². The number of fused-ring (bicyclic) bond motifs is 1. The maximum atomic E-state index is 9.43. The summed E-state index contributed by atoms with van der Waals surface area (Å²) in [5.74, 6) is 0. The van der Waals surface area contributed by atoms with Crippen molar-refractivity contribution in [2.24, 2.45) is 0 Å². The Morgan fingerprint density at radius 2 is 1.43 bits per heavy atom. The lowest BCUT2D eigenvalue weighted by atomic mass is 10.0. The van der Waals surface area contributed by atoms with Crippen LogP contribution < -0.4 is 0 Å². The van der Waals surface area contributed by atoms with Crippen molar-refractivity contribution in [2.75, 3.05) is 0 Å². The zero-order chi connectivity index (χ0) is 14.7. The van der Waals surface area contributed by atoms with Gasteiger partial charge in [-0.2, -0.15) is 5.26 Å². The van der Waals surface area contributed by atoms with E-state index in [1.54, 1.807) is 0 Å². The largest absolute Gasteiger partial charge is 0.192 e. The summed E-state index contributed by atoms with van der Waals surface area (Å²) in [6.45, 7) is 0. The van der Waals surface area contributed by atoms with Crippen LogP contribution in [0.25, 0.3) is 21.4 Å². The topological polar surface area (TPSA) is 23.8 Å². The summed E-state index contributed by atoms with van der Waals surface area (Å²) in [5, 5.41) is 12.2. The molecule has 1 nitrogen and oxygen atoms in total. The number of rotatable bonds is 2. The van der Waals surface area contributed by atoms with Crippen LogP contribution >= 0.6 is 11.6 Å². The maximum Gasteiger partial charge on any atom is 0.101 e. The van der Waals surface area contributed by atoms with Gasteiger partial charge in [-0.1, -0.05) is 78.3 Å². The zero-order valence-corrected chi connectivity index (χ0v) is 12.0. The predicted molar refractivity (Wildman–Crippen MR) is 88.7 cm³/mol. The fourth-order valence-corrected chi connectivity index (χ4v) is 2.58. The fraction of sp³-hybridized carbons (Fsp3) is 0. The average molecular weight is 290 g/mol. The minimum atomic E-state index is 0.481. The van der Waals surface area contributed by atoms with Crippen molar-refractivity contribution in [1.29, 1.82) is 5.26 Å². The van der Waals surface area contributed by atoms with E-state index < -0.39 is 0 Å². The van der Waals surface area contributed by atoms with E-state index in [1.807, 2.05) is 66.7 Å². The van der Waals surface area contributed by atoms with E-state index in [2.05, 4.69) is 12.1 Å². The van der Waals surface area contributed by atoms with Gasteiger partial charge in [0.15, 0.2) is 0 Å². The van der Waals surface area contributed by atoms with Gasteiger partial charge in [0, 0.05) is 0 Å². The Bertz CT molecular complexity index is 857. The van der Waals surface area contributed by atoms with Gasteiger partial charge in [0.2, 0.25) is 0 Å². The van der Waals surface area contributed by atoms with E-state index in [1.165, 1.54) is 0 Å². The average Bonchev–Trinajstić information content (AvgIpc) is 2.56. The first kappa shape index (κ1) is 13.4. The molecule has 0 aromatic heterocycles. The van der Waals surface area contributed by atoms with E-state index >= 15 is 0 Å². The Morgan fingerprint density at radius 3 is 2.14 bits per heavy atom. The molecule has 2 heteroatoms. The first-order chi connectivity index (χ1) is 10.3. The maximum absolute atomic E-state index is 9.43. The second-order valence-corrected chi connectivity index (χ2v) is 5.11. The van der Waals surface area contributed by atoms with E-state index in [4.69, 9.17) is 11.6 Å². The van der Waals surface area contributed by atoms with Crippen LogP contribution in [0.15, 0.2) is 72.8 Å². The number of hydrogen-bond acceptors (Lipinski definition) is 1. The molecule has 0 heterocycles. The molecule has 21 heavy (non-hydrogen) atoms. The minimum absolute atomic E-state index is 0.481. The molecule has 0 unspecified atom stereocenters. The van der Waals surface area contributed by atoms with Crippen LogP contribution in [0.3, 0.4) is 0 Å². The highest BCUT2D eigenvalue weighted by molar-refractivity contribution is 6.53. The van der Waals surface area contributed by atoms with Crippen LogP contribution in [0.2, 0.25) is 0 Å². The summed E-state index contributed by atoms with van der Waals surface area (Å²) in [6.07, 6.45) is 0. The molecule has 0 atom stereocenters. The van der Waals surface area contributed by atoms with Crippen molar-refractivity contribution in [2.45, 2.75) is 0 Å². The highest BCUT2D eigenvalue weighted by Gasteiger charge is 2.09. The first-order valence-corrected chi connectivity index (χ1v) is 7.02. The van der Waals surface area contributed by atoms with Gasteiger partial charge in [-0.3, -0.25) is 0 Å². The Kier molecular flexibility index (Phi) is 3.73. The number of hydrogen-bond donors (Lipinski definition) is 0. The number of halogens is 1. The fourth-order valence-electron chi connectivity index (χ4n) is 2.32. The Hall–Kier alpha value is -2.56. The van der Waals surface area contributed by atoms with Crippen LogP contribution in [0.5, 0.6) is 0 Å². The predicted octanol–water partition coefficient (Wildman–Crippen LogP) is 5.47. The molecular formula is C19H12ClN. The molecule has 0 fully saturated rings. The van der Waals surface area contributed by atoms with Gasteiger partial charge in [-0.25, -0.2) is 0 Å². The van der Waals surface area contributed by atoms with Gasteiger partial charge < -0.3 is 0 Å². The summed E-state index contributed by atoms with van der Waals surface area (Å²) in [7, 11) is 0. The van der Waals surface area contributed by atoms with E-state index in [-0.39, 0.29) is 0 Å². The SMILES string of the molecule is N#CC(=C(Cl)c1ccc2ccccc2c1)c1ccccc1. The third-order valence-electron chi connectivity index (χ3n) is 3.40. The second-order valence-electron chi connectivity index (χ2n) is 4.73. The molecule has 3 aromatic rings. The molecule has 0 aliphatic carbocycles. The van der Waals surface area contributed by atoms with E-state index in [0.717, 1.165) is 21.9 Å². The van der Waals surface area contributed by atoms with Crippen molar-refractivity contribution < 1.29 is 0 Å². The third-order valence-corrected chi connectivity index (χ3v) is 3.80. The molecule has 100 valence electrons. The van der Waals surface area contributed by atoms with E-state index in [9.17, 15) is 5.26 Å². The molecule has 3 aromatic carbocycles. The quantitative estimate of drug-likeness (QED) is 0.453. The zero-order valence-electron chi connectivity index (χ0n) is 11.3. The van der Waals surface area contributed by atoms with Gasteiger partial charge in [0.1, 0.15) is 6.07 Å². The molecule has 0 saturated carbocycles. The molecule has 0 aliphatic rings. The molecule has 0 spiro atoms. The van der Waals surface area contributed by atoms with Crippen LogP contribution in [0, 0.1) is 11.3 Å². The molecule has 3 rings (SSSR count). The Morgan fingerprint density at radius 1 is 0.762 bits per heavy atom. The molecule has 0 N–H and O–H groups in total. The van der Waals surface area contributed by atoms with Crippen LogP contribution in [0.4, 0.5) is 0 Å². The van der Waals surface area contributed by atoms with Crippen molar-refractivity contribution in [3.05, 3.63) is 83.9 Å². The first-order valence-electron chi connectivity index (χ1n) is 6.64. The van der Waals surface area contributed by atoms with Crippen molar-refractivity contribution >= 4 is 33.0 Å². The van der Waals surface area contributed by atoms with Gasteiger partial charge in [0.25, 0.3) is 0 Å². The van der Waals surface area contributed by atoms with Gasteiger partial charge in [-0.15, -0.1) is 0 Å². The lowest BCUT2D eigenvalue weighted by Crippen LogP contribution is -1.86. The normalized spacial score (nSPS) is 11.8. The van der Waals surface area contributed by atoms with Crippen LogP contribution in [0.1, 0.15) is 11.1 Å². The van der Waals surface area contributed by atoms with E-state index in [0.29, 0.717) is 10.6 Å². The van der Waals surface area contributed by atoms with Crippen molar-refractivity contribution in [3.8, 4) is 6.07 Å². The molecule has 0 bridgehead atoms. The number of nitriles is 1. The molecule has 0 saturated heterocycles. The summed E-state index contributed by atoms with van der Waals surface area (Å²) >= 11 is 6.46. The standard InChI is InChI=1S/C19H12ClN/c20-19(18(13-21)15-7-2-1-3-8-15)17-11-10-14-6-4-5-9-16(14)12-17/h1-12H. The van der Waals surface area contributed by atoms with Gasteiger partial charge in [0.05, 0.1) is 10.6 Å². The Balaban J connectivity index is 2.16. The molecular weight excluding hydrogens is 278 g/mol. The molecule has 0 amide bonds. The summed E-state index contributed by atoms with van der Waals surface area (Å²) < 4.78 is 0. The monoisotopic (exact) mass is 289 g/mol. The highest BCUT2D eigenvalue weighted by Crippen LogP contribution is 2.31.